The summed E-state index contributed by atoms with van der Waals surface area (Å²) < 4.78 is 5.63. The average molecular weight is 210 g/mol. The minimum absolute atomic E-state index is 0.656. The summed E-state index contributed by atoms with van der Waals surface area (Å²) in [7, 11) is 0. The van der Waals surface area contributed by atoms with E-state index in [1.807, 2.05) is 6.07 Å². The van der Waals surface area contributed by atoms with Gasteiger partial charge in [-0.25, -0.2) is 0 Å². The molecule has 0 spiro atoms. The lowest BCUT2D eigenvalue weighted by Gasteiger charge is -1.98. The van der Waals surface area contributed by atoms with E-state index in [1.54, 1.807) is 0 Å². The van der Waals surface area contributed by atoms with Crippen LogP contribution >= 0.6 is 0 Å². The van der Waals surface area contributed by atoms with Crippen LogP contribution in [0.5, 0.6) is 0 Å². The maximum Gasteiger partial charge on any atom is 0.105 e. The van der Waals surface area contributed by atoms with Crippen LogP contribution in [0.4, 0.5) is 0 Å². The minimum atomic E-state index is 0.656. The van der Waals surface area contributed by atoms with Gasteiger partial charge in [-0.3, -0.25) is 0 Å². The van der Waals surface area contributed by atoms with Gasteiger partial charge in [-0.05, 0) is 38.1 Å². The molecule has 0 atom stereocenters. The molecule has 0 aliphatic rings. The Morgan fingerprint density at radius 1 is 0.800 bits per heavy atom. The Hall–Kier alpha value is -0.800. The van der Waals surface area contributed by atoms with Gasteiger partial charge in [0.2, 0.25) is 0 Å². The van der Waals surface area contributed by atoms with Crippen LogP contribution in [0.15, 0.2) is 16.5 Å². The summed E-state index contributed by atoms with van der Waals surface area (Å²) in [6.07, 6.45) is 6.67. The van der Waals surface area contributed by atoms with Crippen molar-refractivity contribution in [2.75, 3.05) is 13.1 Å². The highest BCUT2D eigenvalue weighted by Crippen LogP contribution is 2.12. The first-order chi connectivity index (χ1) is 7.36. The molecule has 86 valence electrons. The third-order valence-electron chi connectivity index (χ3n) is 2.49. The lowest BCUT2D eigenvalue weighted by Crippen LogP contribution is -2.01. The summed E-state index contributed by atoms with van der Waals surface area (Å²) in [5, 5.41) is 0. The van der Waals surface area contributed by atoms with Gasteiger partial charge in [-0.2, -0.15) is 0 Å². The van der Waals surface area contributed by atoms with Crippen molar-refractivity contribution in [3.8, 4) is 0 Å². The van der Waals surface area contributed by atoms with Crippen LogP contribution in [0.25, 0.3) is 0 Å². The number of furan rings is 1. The molecule has 1 heterocycles. The normalized spacial score (nSPS) is 10.8. The molecule has 1 aromatic rings. The van der Waals surface area contributed by atoms with Crippen molar-refractivity contribution in [2.45, 2.75) is 38.5 Å². The molecule has 0 aliphatic carbocycles. The van der Waals surface area contributed by atoms with Crippen LogP contribution in [-0.2, 0) is 12.8 Å². The maximum atomic E-state index is 5.63. The number of rotatable bonds is 8. The molecule has 0 unspecified atom stereocenters. The van der Waals surface area contributed by atoms with Crippen LogP contribution in [0.3, 0.4) is 0 Å². The highest BCUT2D eigenvalue weighted by molar-refractivity contribution is 5.07. The van der Waals surface area contributed by atoms with E-state index in [2.05, 4.69) is 6.07 Å². The van der Waals surface area contributed by atoms with E-state index in [9.17, 15) is 0 Å². The Bertz CT molecular complexity index is 258. The van der Waals surface area contributed by atoms with Crippen LogP contribution in [-0.4, -0.2) is 13.1 Å². The molecule has 15 heavy (non-hydrogen) atoms. The highest BCUT2D eigenvalue weighted by atomic mass is 16.3. The van der Waals surface area contributed by atoms with E-state index >= 15 is 0 Å². The van der Waals surface area contributed by atoms with Crippen LogP contribution in [0, 0.1) is 0 Å². The van der Waals surface area contributed by atoms with E-state index < -0.39 is 0 Å². The van der Waals surface area contributed by atoms with Gasteiger partial charge in [0.15, 0.2) is 0 Å². The van der Waals surface area contributed by atoms with Crippen LogP contribution in [0.1, 0.15) is 37.2 Å². The van der Waals surface area contributed by atoms with E-state index in [4.69, 9.17) is 15.9 Å². The molecular weight excluding hydrogens is 188 g/mol. The van der Waals surface area contributed by atoms with Crippen LogP contribution in [0.2, 0.25) is 0 Å². The molecule has 1 rings (SSSR count). The third kappa shape index (κ3) is 5.00. The first kappa shape index (κ1) is 12.3. The molecule has 3 heteroatoms. The van der Waals surface area contributed by atoms with Crippen molar-refractivity contribution in [2.24, 2.45) is 11.5 Å². The van der Waals surface area contributed by atoms with Crippen LogP contribution < -0.4 is 11.5 Å². The fourth-order valence-electron chi connectivity index (χ4n) is 1.63. The molecule has 1 aromatic heterocycles. The Morgan fingerprint density at radius 2 is 1.47 bits per heavy atom. The predicted molar refractivity (Wildman–Crippen MR) is 62.7 cm³/mol. The molecule has 0 radical (unpaired) electrons. The lowest BCUT2D eigenvalue weighted by molar-refractivity contribution is 0.456. The minimum Gasteiger partial charge on any atom is -0.466 e. The number of unbranched alkanes of at least 4 members (excludes halogenated alkanes) is 3. The summed E-state index contributed by atoms with van der Waals surface area (Å²) in [6, 6.07) is 4.09. The summed E-state index contributed by atoms with van der Waals surface area (Å²) in [5.74, 6) is 2.10. The van der Waals surface area contributed by atoms with Gasteiger partial charge in [0.05, 0.1) is 0 Å². The first-order valence-electron chi connectivity index (χ1n) is 5.84. The molecule has 0 fully saturated rings. The zero-order valence-electron chi connectivity index (χ0n) is 9.37. The van der Waals surface area contributed by atoms with Gasteiger partial charge in [0.25, 0.3) is 0 Å². The maximum absolute atomic E-state index is 5.63. The Kier molecular flexibility index (Phi) is 6.12. The third-order valence-corrected chi connectivity index (χ3v) is 2.49. The Morgan fingerprint density at radius 3 is 2.13 bits per heavy atom. The fourth-order valence-corrected chi connectivity index (χ4v) is 1.63. The molecule has 0 aliphatic heterocycles. The lowest BCUT2D eigenvalue weighted by atomic mass is 10.1. The van der Waals surface area contributed by atoms with Gasteiger partial charge in [0, 0.05) is 12.8 Å². The van der Waals surface area contributed by atoms with Crippen molar-refractivity contribution < 1.29 is 4.42 Å². The van der Waals surface area contributed by atoms with Gasteiger partial charge in [-0.1, -0.05) is 12.8 Å². The molecule has 0 saturated carbocycles. The number of hydrogen-bond donors (Lipinski definition) is 2. The number of aryl methyl sites for hydroxylation is 1. The van der Waals surface area contributed by atoms with Gasteiger partial charge < -0.3 is 15.9 Å². The van der Waals surface area contributed by atoms with E-state index in [-0.39, 0.29) is 0 Å². The van der Waals surface area contributed by atoms with Gasteiger partial charge in [-0.15, -0.1) is 0 Å². The van der Waals surface area contributed by atoms with Crippen molar-refractivity contribution in [3.63, 3.8) is 0 Å². The summed E-state index contributed by atoms with van der Waals surface area (Å²) in [4.78, 5) is 0. The van der Waals surface area contributed by atoms with E-state index in [0.29, 0.717) is 6.54 Å². The smallest absolute Gasteiger partial charge is 0.105 e. The summed E-state index contributed by atoms with van der Waals surface area (Å²) in [5.41, 5.74) is 10.9. The summed E-state index contributed by atoms with van der Waals surface area (Å²) in [6.45, 7) is 1.46. The number of hydrogen-bond acceptors (Lipinski definition) is 3. The quantitative estimate of drug-likeness (QED) is 0.643. The second-order valence-corrected chi connectivity index (χ2v) is 3.86. The van der Waals surface area contributed by atoms with Crippen molar-refractivity contribution in [1.82, 2.24) is 0 Å². The second kappa shape index (κ2) is 7.49. The largest absolute Gasteiger partial charge is 0.466 e. The van der Waals surface area contributed by atoms with E-state index in [1.165, 1.54) is 19.3 Å². The topological polar surface area (TPSA) is 65.2 Å². The molecule has 0 bridgehead atoms. The average Bonchev–Trinajstić information content (AvgIpc) is 2.66. The molecular formula is C12H22N2O. The highest BCUT2D eigenvalue weighted by Gasteiger charge is 2.00. The molecule has 0 aromatic carbocycles. The van der Waals surface area contributed by atoms with Crippen molar-refractivity contribution in [3.05, 3.63) is 23.7 Å². The van der Waals surface area contributed by atoms with Gasteiger partial charge in [0.1, 0.15) is 11.5 Å². The fraction of sp³-hybridized carbons (Fsp3) is 0.667. The standard InChI is InChI=1S/C12H22N2O/c13-9-4-2-1-3-5-11-6-7-12(15-11)8-10-14/h6-7H,1-5,8-10,13-14H2. The molecule has 0 saturated heterocycles. The zero-order valence-corrected chi connectivity index (χ0v) is 9.37. The van der Waals surface area contributed by atoms with Gasteiger partial charge >= 0.3 is 0 Å². The van der Waals surface area contributed by atoms with E-state index in [0.717, 1.165) is 37.3 Å². The van der Waals surface area contributed by atoms with Crippen molar-refractivity contribution in [1.29, 1.82) is 0 Å². The Labute approximate surface area is 91.8 Å². The molecule has 3 nitrogen and oxygen atoms in total. The predicted octanol–water partition coefficient (Wildman–Crippen LogP) is 1.84. The Balaban J connectivity index is 2.14. The monoisotopic (exact) mass is 210 g/mol. The second-order valence-electron chi connectivity index (χ2n) is 3.86. The first-order valence-corrected chi connectivity index (χ1v) is 5.84. The number of nitrogens with two attached hydrogens (primary N) is 2. The van der Waals surface area contributed by atoms with Crippen molar-refractivity contribution >= 4 is 0 Å². The molecule has 4 N–H and O–H groups in total. The summed E-state index contributed by atoms with van der Waals surface area (Å²) >= 11 is 0. The molecule has 0 amide bonds. The zero-order chi connectivity index (χ0) is 10.9. The SMILES string of the molecule is NCCCCCCc1ccc(CCN)o1.